The number of nitrogens with one attached hydrogen (secondary N) is 2. The molecule has 1 aliphatic rings. The molecule has 2 N–H and O–H groups in total. The molecule has 7 heteroatoms. The van der Waals surface area contributed by atoms with Gasteiger partial charge in [0.25, 0.3) is 5.56 Å². The van der Waals surface area contributed by atoms with Gasteiger partial charge in [0.05, 0.1) is 24.8 Å². The van der Waals surface area contributed by atoms with Gasteiger partial charge in [-0.05, 0) is 18.5 Å². The number of aromatic amines is 1. The highest BCUT2D eigenvalue weighted by Crippen LogP contribution is 2.14. The number of hydrogen-bond donors (Lipinski definition) is 2. The zero-order valence-electron chi connectivity index (χ0n) is 11.4. The number of morpholine rings is 1. The Kier molecular flexibility index (Phi) is 4.11. The van der Waals surface area contributed by atoms with Gasteiger partial charge in [0.15, 0.2) is 0 Å². The second-order valence-corrected chi connectivity index (χ2v) is 5.96. The summed E-state index contributed by atoms with van der Waals surface area (Å²) < 4.78 is 6.36. The van der Waals surface area contributed by atoms with Crippen molar-refractivity contribution in [2.75, 3.05) is 33.3 Å². The standard InChI is InChI=1S/C13H18N4O2S/c1-17(7-9-6-14-3-4-19-9)8-11-15-10-2-5-20-12(10)13(18)16-11/h2,5,9,14H,3-4,6-8H2,1H3,(H,15,16,18). The third-order valence-corrected chi connectivity index (χ3v) is 4.21. The van der Waals surface area contributed by atoms with Gasteiger partial charge >= 0.3 is 0 Å². The molecule has 20 heavy (non-hydrogen) atoms. The minimum Gasteiger partial charge on any atom is -0.374 e. The second-order valence-electron chi connectivity index (χ2n) is 5.04. The number of H-pyrrole nitrogens is 1. The van der Waals surface area contributed by atoms with Crippen molar-refractivity contribution in [2.24, 2.45) is 0 Å². The van der Waals surface area contributed by atoms with Gasteiger partial charge in [-0.3, -0.25) is 9.69 Å². The second kappa shape index (κ2) is 6.01. The van der Waals surface area contributed by atoms with Crippen LogP contribution >= 0.6 is 11.3 Å². The number of thiophene rings is 1. The van der Waals surface area contributed by atoms with E-state index in [0.29, 0.717) is 17.1 Å². The maximum Gasteiger partial charge on any atom is 0.268 e. The number of nitrogens with zero attached hydrogens (tertiary/aromatic N) is 2. The normalized spacial score (nSPS) is 19.8. The van der Waals surface area contributed by atoms with E-state index < -0.39 is 0 Å². The molecule has 108 valence electrons. The summed E-state index contributed by atoms with van der Waals surface area (Å²) in [6.45, 7) is 3.98. The molecule has 1 aliphatic heterocycles. The van der Waals surface area contributed by atoms with Crippen LogP contribution < -0.4 is 10.9 Å². The third-order valence-electron chi connectivity index (χ3n) is 3.30. The van der Waals surface area contributed by atoms with Crippen molar-refractivity contribution in [2.45, 2.75) is 12.6 Å². The number of fused-ring (bicyclic) bond motifs is 1. The summed E-state index contributed by atoms with van der Waals surface area (Å²) >= 11 is 1.42. The summed E-state index contributed by atoms with van der Waals surface area (Å²) in [5.74, 6) is 0.701. The fraction of sp³-hybridized carbons (Fsp3) is 0.538. The Hall–Kier alpha value is -1.28. The monoisotopic (exact) mass is 294 g/mol. The van der Waals surface area contributed by atoms with Gasteiger partial charge in [-0.15, -0.1) is 11.3 Å². The van der Waals surface area contributed by atoms with Gasteiger partial charge in [0.2, 0.25) is 0 Å². The van der Waals surface area contributed by atoms with E-state index in [1.165, 1.54) is 11.3 Å². The summed E-state index contributed by atoms with van der Waals surface area (Å²) in [6, 6.07) is 1.88. The zero-order chi connectivity index (χ0) is 13.9. The highest BCUT2D eigenvalue weighted by Gasteiger charge is 2.16. The zero-order valence-corrected chi connectivity index (χ0v) is 12.2. The molecule has 1 fully saturated rings. The molecule has 3 rings (SSSR count). The first-order chi connectivity index (χ1) is 9.72. The van der Waals surface area contributed by atoms with Crippen LogP contribution in [0.3, 0.4) is 0 Å². The molecule has 2 aromatic heterocycles. The van der Waals surface area contributed by atoms with Crippen LogP contribution in [-0.2, 0) is 11.3 Å². The molecule has 0 amide bonds. The largest absolute Gasteiger partial charge is 0.374 e. The predicted octanol–water partition coefficient (Wildman–Crippen LogP) is 0.405. The number of ether oxygens (including phenoxy) is 1. The van der Waals surface area contributed by atoms with Crippen LogP contribution in [0.15, 0.2) is 16.2 Å². The van der Waals surface area contributed by atoms with Crippen LogP contribution in [0.1, 0.15) is 5.82 Å². The molecular weight excluding hydrogens is 276 g/mol. The lowest BCUT2D eigenvalue weighted by Gasteiger charge is -2.27. The maximum absolute atomic E-state index is 11.9. The fourth-order valence-electron chi connectivity index (χ4n) is 2.40. The highest BCUT2D eigenvalue weighted by molar-refractivity contribution is 7.17. The van der Waals surface area contributed by atoms with E-state index in [4.69, 9.17) is 4.74 Å². The molecule has 1 atom stereocenters. The lowest BCUT2D eigenvalue weighted by molar-refractivity contribution is 0.00850. The van der Waals surface area contributed by atoms with Gasteiger partial charge in [0.1, 0.15) is 10.5 Å². The summed E-state index contributed by atoms with van der Waals surface area (Å²) in [5, 5.41) is 5.20. The molecule has 0 radical (unpaired) electrons. The molecule has 0 spiro atoms. The van der Waals surface area contributed by atoms with E-state index in [1.807, 2.05) is 18.5 Å². The van der Waals surface area contributed by atoms with E-state index in [0.717, 1.165) is 31.8 Å². The average molecular weight is 294 g/mol. The van der Waals surface area contributed by atoms with Crippen LogP contribution in [0, 0.1) is 0 Å². The number of hydrogen-bond acceptors (Lipinski definition) is 6. The Morgan fingerprint density at radius 1 is 1.60 bits per heavy atom. The third kappa shape index (κ3) is 3.06. The Bertz CT molecular complexity index is 633. The van der Waals surface area contributed by atoms with Crippen molar-refractivity contribution < 1.29 is 4.74 Å². The lowest BCUT2D eigenvalue weighted by atomic mass is 10.3. The molecule has 3 heterocycles. The minimum absolute atomic E-state index is 0.0519. The molecule has 0 bridgehead atoms. The molecule has 1 saturated heterocycles. The minimum atomic E-state index is -0.0519. The fourth-order valence-corrected chi connectivity index (χ4v) is 3.13. The maximum atomic E-state index is 11.9. The lowest BCUT2D eigenvalue weighted by Crippen LogP contribution is -2.44. The van der Waals surface area contributed by atoms with Crippen LogP contribution in [0.4, 0.5) is 0 Å². The molecular formula is C13H18N4O2S. The van der Waals surface area contributed by atoms with Crippen LogP contribution in [0.2, 0.25) is 0 Å². The Labute approximate surface area is 120 Å². The first-order valence-electron chi connectivity index (χ1n) is 6.69. The van der Waals surface area contributed by atoms with Gasteiger partial charge in [-0.25, -0.2) is 4.98 Å². The summed E-state index contributed by atoms with van der Waals surface area (Å²) in [7, 11) is 2.01. The molecule has 1 unspecified atom stereocenters. The van der Waals surface area contributed by atoms with Crippen molar-refractivity contribution in [1.82, 2.24) is 20.2 Å². The quantitative estimate of drug-likeness (QED) is 0.854. The van der Waals surface area contributed by atoms with Crippen LogP contribution in [-0.4, -0.2) is 54.3 Å². The summed E-state index contributed by atoms with van der Waals surface area (Å²) in [6.07, 6.45) is 0.199. The smallest absolute Gasteiger partial charge is 0.268 e. The van der Waals surface area contributed by atoms with Crippen molar-refractivity contribution in [3.8, 4) is 0 Å². The number of rotatable bonds is 4. The number of aromatic nitrogens is 2. The van der Waals surface area contributed by atoms with E-state index in [9.17, 15) is 4.79 Å². The summed E-state index contributed by atoms with van der Waals surface area (Å²) in [5.41, 5.74) is 0.724. The van der Waals surface area contributed by atoms with Crippen molar-refractivity contribution in [3.63, 3.8) is 0 Å². The van der Waals surface area contributed by atoms with Gasteiger partial charge in [0, 0.05) is 19.6 Å². The van der Waals surface area contributed by atoms with E-state index in [1.54, 1.807) is 0 Å². The topological polar surface area (TPSA) is 70.2 Å². The first kappa shape index (κ1) is 13.7. The molecule has 6 nitrogen and oxygen atoms in total. The average Bonchev–Trinajstić information content (AvgIpc) is 2.88. The first-order valence-corrected chi connectivity index (χ1v) is 7.57. The SMILES string of the molecule is CN(Cc1nc2ccsc2c(=O)[nH]1)CC1CNCCO1. The Balaban J connectivity index is 1.67. The van der Waals surface area contributed by atoms with Crippen molar-refractivity contribution >= 4 is 21.6 Å². The highest BCUT2D eigenvalue weighted by atomic mass is 32.1. The molecule has 0 aromatic carbocycles. The van der Waals surface area contributed by atoms with E-state index in [-0.39, 0.29) is 11.7 Å². The number of likely N-dealkylation sites (N-methyl/N-ethyl adjacent to an activating group) is 1. The Morgan fingerprint density at radius 3 is 3.30 bits per heavy atom. The van der Waals surface area contributed by atoms with E-state index in [2.05, 4.69) is 20.2 Å². The Morgan fingerprint density at radius 2 is 2.50 bits per heavy atom. The molecule has 0 saturated carbocycles. The van der Waals surface area contributed by atoms with Crippen LogP contribution in [0.25, 0.3) is 10.2 Å². The van der Waals surface area contributed by atoms with Crippen molar-refractivity contribution in [1.29, 1.82) is 0 Å². The van der Waals surface area contributed by atoms with Crippen LogP contribution in [0.5, 0.6) is 0 Å². The van der Waals surface area contributed by atoms with Gasteiger partial charge in [-0.1, -0.05) is 0 Å². The predicted molar refractivity (Wildman–Crippen MR) is 79.2 cm³/mol. The van der Waals surface area contributed by atoms with Crippen molar-refractivity contribution in [3.05, 3.63) is 27.6 Å². The summed E-state index contributed by atoms with van der Waals surface area (Å²) in [4.78, 5) is 21.3. The van der Waals surface area contributed by atoms with Gasteiger partial charge in [-0.2, -0.15) is 0 Å². The molecule has 0 aliphatic carbocycles. The molecule has 2 aromatic rings. The van der Waals surface area contributed by atoms with Gasteiger partial charge < -0.3 is 15.0 Å². The van der Waals surface area contributed by atoms with E-state index >= 15 is 0 Å².